The average Bonchev–Trinajstić information content (AvgIpc) is 3.37. The van der Waals surface area contributed by atoms with Crippen LogP contribution in [0.1, 0.15) is 21.7 Å². The highest BCUT2D eigenvalue weighted by Gasteiger charge is 2.34. The second-order valence-corrected chi connectivity index (χ2v) is 7.82. The average molecular weight is 414 g/mol. The Hall–Kier alpha value is -3.65. The highest BCUT2D eigenvalue weighted by Crippen LogP contribution is 2.23. The molecule has 1 saturated heterocycles. The van der Waals surface area contributed by atoms with Crippen LogP contribution in [-0.2, 0) is 13.0 Å². The number of carbonyl (C=O) groups is 1. The summed E-state index contributed by atoms with van der Waals surface area (Å²) in [6.45, 7) is 1.36. The minimum absolute atomic E-state index is 0.0341. The SMILES string of the molecule is O=C(c1cnc2c(c1)ncn2Cc1ccccn1)N1C[C@@H](Cc2ccccn2)[C@H](O)C1. The van der Waals surface area contributed by atoms with E-state index in [4.69, 9.17) is 0 Å². The van der Waals surface area contributed by atoms with Crippen LogP contribution in [0.15, 0.2) is 67.4 Å². The van der Waals surface area contributed by atoms with Crippen molar-refractivity contribution >= 4 is 17.1 Å². The third-order valence-electron chi connectivity index (χ3n) is 5.65. The highest BCUT2D eigenvalue weighted by molar-refractivity contribution is 5.96. The molecule has 5 heterocycles. The first-order valence-electron chi connectivity index (χ1n) is 10.3. The molecule has 1 amide bonds. The van der Waals surface area contributed by atoms with Gasteiger partial charge in [-0.05, 0) is 36.8 Å². The molecular formula is C23H22N6O2. The van der Waals surface area contributed by atoms with E-state index < -0.39 is 6.10 Å². The van der Waals surface area contributed by atoms with E-state index in [1.165, 1.54) is 0 Å². The van der Waals surface area contributed by atoms with Crippen LogP contribution in [0.2, 0.25) is 0 Å². The number of likely N-dealkylation sites (tertiary alicyclic amines) is 1. The van der Waals surface area contributed by atoms with Crippen molar-refractivity contribution in [2.24, 2.45) is 5.92 Å². The fourth-order valence-electron chi connectivity index (χ4n) is 4.04. The Morgan fingerprint density at radius 2 is 1.77 bits per heavy atom. The number of nitrogens with zero attached hydrogens (tertiary/aromatic N) is 6. The standard InChI is InChI=1S/C23H22N6O2/c30-21-14-28(12-17(21)9-18-5-1-3-7-24-18)23(31)16-10-20-22(26-11-16)29(15-27-20)13-19-6-2-4-8-25-19/h1-8,10-11,15,17,21,30H,9,12-14H2/t17-,21-/m1/s1. The molecule has 4 aromatic rings. The number of aliphatic hydroxyl groups excluding tert-OH is 1. The number of imidazole rings is 1. The molecule has 0 spiro atoms. The van der Waals surface area contributed by atoms with Crippen molar-refractivity contribution < 1.29 is 9.90 Å². The first-order chi connectivity index (χ1) is 15.2. The molecule has 2 atom stereocenters. The van der Waals surface area contributed by atoms with Crippen molar-refractivity contribution in [3.63, 3.8) is 0 Å². The van der Waals surface area contributed by atoms with Crippen LogP contribution >= 0.6 is 0 Å². The van der Waals surface area contributed by atoms with Gasteiger partial charge in [-0.2, -0.15) is 0 Å². The fourth-order valence-corrected chi connectivity index (χ4v) is 4.04. The van der Waals surface area contributed by atoms with Crippen molar-refractivity contribution in [1.29, 1.82) is 0 Å². The number of amides is 1. The Labute approximate surface area is 179 Å². The van der Waals surface area contributed by atoms with Gasteiger partial charge in [0.05, 0.1) is 30.2 Å². The summed E-state index contributed by atoms with van der Waals surface area (Å²) in [4.78, 5) is 32.3. The molecule has 0 unspecified atom stereocenters. The molecule has 0 aliphatic carbocycles. The van der Waals surface area contributed by atoms with Gasteiger partial charge < -0.3 is 14.6 Å². The summed E-state index contributed by atoms with van der Waals surface area (Å²) in [6.07, 6.45) is 6.86. The van der Waals surface area contributed by atoms with Crippen molar-refractivity contribution in [2.45, 2.75) is 19.1 Å². The summed E-state index contributed by atoms with van der Waals surface area (Å²) < 4.78 is 1.91. The minimum atomic E-state index is -0.569. The number of aliphatic hydroxyl groups is 1. The van der Waals surface area contributed by atoms with Crippen molar-refractivity contribution in [3.8, 4) is 0 Å². The van der Waals surface area contributed by atoms with Gasteiger partial charge in [-0.1, -0.05) is 12.1 Å². The van der Waals surface area contributed by atoms with Gasteiger partial charge in [0, 0.05) is 43.3 Å². The zero-order valence-corrected chi connectivity index (χ0v) is 16.9. The molecule has 156 valence electrons. The summed E-state index contributed by atoms with van der Waals surface area (Å²) in [6, 6.07) is 13.3. The lowest BCUT2D eigenvalue weighted by Crippen LogP contribution is -2.29. The molecule has 1 fully saturated rings. The van der Waals surface area contributed by atoms with E-state index in [2.05, 4.69) is 19.9 Å². The van der Waals surface area contributed by atoms with Gasteiger partial charge in [0.25, 0.3) is 5.91 Å². The van der Waals surface area contributed by atoms with E-state index in [9.17, 15) is 9.90 Å². The van der Waals surface area contributed by atoms with Gasteiger partial charge in [-0.3, -0.25) is 14.8 Å². The molecule has 0 radical (unpaired) electrons. The molecule has 8 heteroatoms. The number of carbonyl (C=O) groups excluding carboxylic acids is 1. The van der Waals surface area contributed by atoms with Crippen molar-refractivity contribution in [2.75, 3.05) is 13.1 Å². The first-order valence-corrected chi connectivity index (χ1v) is 10.3. The molecule has 0 saturated carbocycles. The first kappa shape index (κ1) is 19.3. The van der Waals surface area contributed by atoms with Crippen LogP contribution in [0.5, 0.6) is 0 Å². The lowest BCUT2D eigenvalue weighted by atomic mass is 10.00. The monoisotopic (exact) mass is 414 g/mol. The lowest BCUT2D eigenvalue weighted by Gasteiger charge is -2.16. The number of pyridine rings is 3. The van der Waals surface area contributed by atoms with Crippen molar-refractivity contribution in [1.82, 2.24) is 29.4 Å². The molecule has 4 aromatic heterocycles. The Balaban J connectivity index is 1.31. The minimum Gasteiger partial charge on any atom is -0.391 e. The number of rotatable bonds is 5. The van der Waals surface area contributed by atoms with Crippen LogP contribution in [-0.4, -0.2) is 59.6 Å². The molecule has 1 N–H and O–H groups in total. The predicted molar refractivity (Wildman–Crippen MR) is 114 cm³/mol. The van der Waals surface area contributed by atoms with E-state index in [-0.39, 0.29) is 11.8 Å². The van der Waals surface area contributed by atoms with Gasteiger partial charge in [0.2, 0.25) is 0 Å². The van der Waals surface area contributed by atoms with Crippen LogP contribution < -0.4 is 0 Å². The number of hydrogen-bond acceptors (Lipinski definition) is 6. The third-order valence-corrected chi connectivity index (χ3v) is 5.65. The normalized spacial score (nSPS) is 18.5. The second kappa shape index (κ2) is 8.23. The second-order valence-electron chi connectivity index (χ2n) is 7.82. The number of aromatic nitrogens is 5. The van der Waals surface area contributed by atoms with Crippen LogP contribution in [0, 0.1) is 5.92 Å². The molecule has 31 heavy (non-hydrogen) atoms. The summed E-state index contributed by atoms with van der Waals surface area (Å²) in [5, 5.41) is 10.5. The Bertz CT molecular complexity index is 1190. The highest BCUT2D eigenvalue weighted by atomic mass is 16.3. The maximum atomic E-state index is 13.0. The lowest BCUT2D eigenvalue weighted by molar-refractivity contribution is 0.0764. The van der Waals surface area contributed by atoms with Crippen LogP contribution in [0.4, 0.5) is 0 Å². The van der Waals surface area contributed by atoms with E-state index >= 15 is 0 Å². The summed E-state index contributed by atoms with van der Waals surface area (Å²) in [7, 11) is 0. The Morgan fingerprint density at radius 3 is 2.52 bits per heavy atom. The van der Waals surface area contributed by atoms with Gasteiger partial charge in [0.15, 0.2) is 5.65 Å². The molecule has 8 nitrogen and oxygen atoms in total. The van der Waals surface area contributed by atoms with Gasteiger partial charge in [-0.25, -0.2) is 9.97 Å². The molecule has 1 aliphatic rings. The van der Waals surface area contributed by atoms with E-state index in [0.29, 0.717) is 42.8 Å². The van der Waals surface area contributed by atoms with Gasteiger partial charge >= 0.3 is 0 Å². The number of fused-ring (bicyclic) bond motifs is 1. The molecule has 5 rings (SSSR count). The summed E-state index contributed by atoms with van der Waals surface area (Å²) in [5.74, 6) is -0.177. The maximum absolute atomic E-state index is 13.0. The van der Waals surface area contributed by atoms with E-state index in [1.807, 2.05) is 41.0 Å². The largest absolute Gasteiger partial charge is 0.391 e. The quantitative estimate of drug-likeness (QED) is 0.536. The predicted octanol–water partition coefficient (Wildman–Crippen LogP) is 1.95. The number of β-amino-alcohol motifs (C(OH)–C–C–N with tert-alkyl or cyclic N) is 1. The van der Waals surface area contributed by atoms with Crippen molar-refractivity contribution in [3.05, 3.63) is 84.3 Å². The third kappa shape index (κ3) is 4.02. The molecule has 0 bridgehead atoms. The van der Waals surface area contributed by atoms with Crippen LogP contribution in [0.3, 0.4) is 0 Å². The summed E-state index contributed by atoms with van der Waals surface area (Å²) in [5.41, 5.74) is 3.67. The van der Waals surface area contributed by atoms with Gasteiger partial charge in [-0.15, -0.1) is 0 Å². The van der Waals surface area contributed by atoms with Gasteiger partial charge in [0.1, 0.15) is 5.52 Å². The topological polar surface area (TPSA) is 97.0 Å². The van der Waals surface area contributed by atoms with E-state index in [1.54, 1.807) is 35.9 Å². The Kier molecular flexibility index (Phi) is 5.13. The molecule has 1 aliphatic heterocycles. The molecular weight excluding hydrogens is 392 g/mol. The smallest absolute Gasteiger partial charge is 0.255 e. The zero-order chi connectivity index (χ0) is 21.2. The fraction of sp³-hybridized carbons (Fsp3) is 0.261. The van der Waals surface area contributed by atoms with E-state index in [0.717, 1.165) is 11.4 Å². The maximum Gasteiger partial charge on any atom is 0.255 e. The zero-order valence-electron chi connectivity index (χ0n) is 16.9. The summed E-state index contributed by atoms with van der Waals surface area (Å²) >= 11 is 0. The molecule has 0 aromatic carbocycles. The Morgan fingerprint density at radius 1 is 1.00 bits per heavy atom. The number of hydrogen-bond donors (Lipinski definition) is 1. The van der Waals surface area contributed by atoms with Crippen LogP contribution in [0.25, 0.3) is 11.2 Å².